The van der Waals surface area contributed by atoms with E-state index < -0.39 is 0 Å². The molecule has 2 aromatic rings. The van der Waals surface area contributed by atoms with Crippen molar-refractivity contribution in [2.75, 3.05) is 27.2 Å². The van der Waals surface area contributed by atoms with E-state index in [-0.39, 0.29) is 0 Å². The number of aromatic nitrogens is 2. The average Bonchev–Trinajstić information content (AvgIpc) is 2.73. The highest BCUT2D eigenvalue weighted by Gasteiger charge is 2.11. The Hall–Kier alpha value is -1.39. The number of nitrogens with zero attached hydrogens (tertiary/aromatic N) is 3. The van der Waals surface area contributed by atoms with Gasteiger partial charge >= 0.3 is 0 Å². The largest absolute Gasteiger partial charge is 0.330 e. The number of fused-ring (bicyclic) bond motifs is 1. The van der Waals surface area contributed by atoms with Crippen LogP contribution in [0.3, 0.4) is 0 Å². The topological polar surface area (TPSA) is 47.1 Å². The summed E-state index contributed by atoms with van der Waals surface area (Å²) in [6, 6.07) is 6.63. The molecule has 0 spiro atoms. The minimum atomic E-state index is 0.532. The first-order valence-corrected chi connectivity index (χ1v) is 7.36. The molecule has 110 valence electrons. The van der Waals surface area contributed by atoms with Gasteiger partial charge in [-0.3, -0.25) is 0 Å². The molecular weight excluding hydrogens is 248 g/mol. The zero-order chi connectivity index (χ0) is 14.7. The number of hydrogen-bond donors (Lipinski definition) is 1. The molecule has 0 bridgehead atoms. The first kappa shape index (κ1) is 15.0. The van der Waals surface area contributed by atoms with Crippen LogP contribution in [0.4, 0.5) is 0 Å². The van der Waals surface area contributed by atoms with Crippen molar-refractivity contribution in [3.05, 3.63) is 29.6 Å². The van der Waals surface area contributed by atoms with Crippen LogP contribution < -0.4 is 5.73 Å². The number of rotatable bonds is 6. The summed E-state index contributed by atoms with van der Waals surface area (Å²) in [4.78, 5) is 6.98. The molecule has 1 heterocycles. The first-order valence-electron chi connectivity index (χ1n) is 7.36. The molecule has 0 amide bonds. The van der Waals surface area contributed by atoms with Gasteiger partial charge in [0.25, 0.3) is 0 Å². The van der Waals surface area contributed by atoms with Crippen LogP contribution in [0.2, 0.25) is 0 Å². The van der Waals surface area contributed by atoms with Gasteiger partial charge in [0.1, 0.15) is 5.82 Å². The summed E-state index contributed by atoms with van der Waals surface area (Å²) in [5.74, 6) is 1.63. The van der Waals surface area contributed by atoms with Crippen LogP contribution in [0.1, 0.15) is 31.2 Å². The van der Waals surface area contributed by atoms with Gasteiger partial charge in [0.05, 0.1) is 11.0 Å². The lowest BCUT2D eigenvalue weighted by molar-refractivity contribution is 0.383. The van der Waals surface area contributed by atoms with Gasteiger partial charge in [0.15, 0.2) is 0 Å². The summed E-state index contributed by atoms with van der Waals surface area (Å²) in [6.45, 7) is 7.03. The van der Waals surface area contributed by atoms with Gasteiger partial charge in [-0.25, -0.2) is 4.98 Å². The maximum atomic E-state index is 5.72. The second kappa shape index (κ2) is 6.37. The van der Waals surface area contributed by atoms with Gasteiger partial charge in [0, 0.05) is 19.5 Å². The number of likely N-dealkylation sites (N-methyl/N-ethyl adjacent to an activating group) is 1. The van der Waals surface area contributed by atoms with Crippen LogP contribution in [-0.4, -0.2) is 41.6 Å². The van der Waals surface area contributed by atoms with E-state index in [1.165, 1.54) is 11.1 Å². The lowest BCUT2D eigenvalue weighted by atomic mass is 10.0. The average molecular weight is 274 g/mol. The summed E-state index contributed by atoms with van der Waals surface area (Å²) in [5, 5.41) is 0. The number of nitrogens with two attached hydrogens (primary N) is 1. The van der Waals surface area contributed by atoms with Crippen LogP contribution in [0, 0.1) is 0 Å². The molecule has 1 aromatic carbocycles. The lowest BCUT2D eigenvalue weighted by Crippen LogP contribution is -2.20. The van der Waals surface area contributed by atoms with Crippen LogP contribution >= 0.6 is 0 Å². The van der Waals surface area contributed by atoms with E-state index in [4.69, 9.17) is 10.7 Å². The molecule has 0 fully saturated rings. The fraction of sp³-hybridized carbons (Fsp3) is 0.562. The number of benzene rings is 1. The van der Waals surface area contributed by atoms with Crippen LogP contribution in [-0.2, 0) is 13.0 Å². The molecule has 4 heteroatoms. The van der Waals surface area contributed by atoms with E-state index in [1.54, 1.807) is 0 Å². The summed E-state index contributed by atoms with van der Waals surface area (Å²) >= 11 is 0. The molecule has 0 aliphatic carbocycles. The minimum Gasteiger partial charge on any atom is -0.330 e. The highest BCUT2D eigenvalue weighted by molar-refractivity contribution is 5.77. The molecule has 2 N–H and O–H groups in total. The second-order valence-electron chi connectivity index (χ2n) is 5.92. The van der Waals surface area contributed by atoms with Crippen LogP contribution in [0.15, 0.2) is 18.2 Å². The van der Waals surface area contributed by atoms with Crippen molar-refractivity contribution in [3.8, 4) is 0 Å². The third-order valence-electron chi connectivity index (χ3n) is 3.66. The molecule has 0 saturated carbocycles. The Morgan fingerprint density at radius 2 is 2.05 bits per heavy atom. The summed E-state index contributed by atoms with van der Waals surface area (Å²) in [7, 11) is 4.19. The third kappa shape index (κ3) is 3.19. The quantitative estimate of drug-likeness (QED) is 0.878. The lowest BCUT2D eigenvalue weighted by Gasteiger charge is -2.13. The molecule has 1 aromatic heterocycles. The van der Waals surface area contributed by atoms with Gasteiger partial charge in [-0.15, -0.1) is 0 Å². The van der Waals surface area contributed by atoms with Crippen LogP contribution in [0.25, 0.3) is 11.0 Å². The molecule has 0 saturated heterocycles. The Morgan fingerprint density at radius 3 is 2.65 bits per heavy atom. The molecule has 2 rings (SSSR count). The normalized spacial score (nSPS) is 11.9. The van der Waals surface area contributed by atoms with E-state index in [2.05, 4.69) is 55.6 Å². The molecule has 4 nitrogen and oxygen atoms in total. The molecule has 0 atom stereocenters. The first-order chi connectivity index (χ1) is 9.52. The Morgan fingerprint density at radius 1 is 1.30 bits per heavy atom. The van der Waals surface area contributed by atoms with E-state index in [0.717, 1.165) is 30.9 Å². The van der Waals surface area contributed by atoms with Gasteiger partial charge < -0.3 is 15.2 Å². The van der Waals surface area contributed by atoms with Crippen molar-refractivity contribution < 1.29 is 0 Å². The van der Waals surface area contributed by atoms with E-state index >= 15 is 0 Å². The zero-order valence-corrected chi connectivity index (χ0v) is 13.1. The van der Waals surface area contributed by atoms with Crippen LogP contribution in [0.5, 0.6) is 0 Å². The van der Waals surface area contributed by atoms with Crippen molar-refractivity contribution in [2.45, 2.75) is 32.7 Å². The fourth-order valence-corrected chi connectivity index (χ4v) is 2.43. The zero-order valence-electron chi connectivity index (χ0n) is 13.1. The highest BCUT2D eigenvalue weighted by atomic mass is 15.1. The van der Waals surface area contributed by atoms with E-state index in [1.807, 2.05) is 0 Å². The predicted octanol–water partition coefficient (Wildman–Crippen LogP) is 2.22. The molecule has 0 radical (unpaired) electrons. The van der Waals surface area contributed by atoms with E-state index in [0.29, 0.717) is 12.5 Å². The number of imidazole rings is 1. The second-order valence-corrected chi connectivity index (χ2v) is 5.92. The van der Waals surface area contributed by atoms with E-state index in [9.17, 15) is 0 Å². The molecule has 0 aliphatic rings. The highest BCUT2D eigenvalue weighted by Crippen LogP contribution is 2.22. The van der Waals surface area contributed by atoms with Gasteiger partial charge in [-0.2, -0.15) is 0 Å². The molecule has 20 heavy (non-hydrogen) atoms. The Kier molecular flexibility index (Phi) is 4.78. The monoisotopic (exact) mass is 274 g/mol. The fourth-order valence-electron chi connectivity index (χ4n) is 2.43. The summed E-state index contributed by atoms with van der Waals surface area (Å²) in [5.41, 5.74) is 9.38. The molecular formula is C16H26N4. The predicted molar refractivity (Wildman–Crippen MR) is 85.1 cm³/mol. The maximum absolute atomic E-state index is 5.72. The summed E-state index contributed by atoms with van der Waals surface area (Å²) < 4.78 is 2.31. The van der Waals surface area contributed by atoms with Gasteiger partial charge in [-0.1, -0.05) is 19.9 Å². The number of hydrogen-bond acceptors (Lipinski definition) is 3. The van der Waals surface area contributed by atoms with Gasteiger partial charge in [-0.05, 0) is 44.3 Å². The van der Waals surface area contributed by atoms with Gasteiger partial charge in [0.2, 0.25) is 0 Å². The smallest absolute Gasteiger partial charge is 0.111 e. The molecule has 0 aliphatic heterocycles. The molecule has 0 unspecified atom stereocenters. The standard InChI is InChI=1S/C16H26N4/c1-12(2)13-5-6-15-14(11-13)18-16(7-8-17)20(15)10-9-19(3)4/h5-6,11-12H,7-10,17H2,1-4H3. The summed E-state index contributed by atoms with van der Waals surface area (Å²) in [6.07, 6.45) is 0.832. The van der Waals surface area contributed by atoms with Crippen molar-refractivity contribution in [1.82, 2.24) is 14.5 Å². The maximum Gasteiger partial charge on any atom is 0.111 e. The Balaban J connectivity index is 2.43. The Bertz CT molecular complexity index is 569. The Labute approximate surface area is 121 Å². The van der Waals surface area contributed by atoms with Crippen molar-refractivity contribution in [3.63, 3.8) is 0 Å². The van der Waals surface area contributed by atoms with Crippen molar-refractivity contribution >= 4 is 11.0 Å². The van der Waals surface area contributed by atoms with Crippen molar-refractivity contribution in [2.24, 2.45) is 5.73 Å². The van der Waals surface area contributed by atoms with Crippen molar-refractivity contribution in [1.29, 1.82) is 0 Å². The minimum absolute atomic E-state index is 0.532. The third-order valence-corrected chi connectivity index (χ3v) is 3.66. The SMILES string of the molecule is CC(C)c1ccc2c(c1)nc(CCN)n2CCN(C)C.